The molecule has 0 aliphatic carbocycles. The molecule has 0 fully saturated rings. The van der Waals surface area contributed by atoms with Gasteiger partial charge in [-0.2, -0.15) is 5.26 Å². The van der Waals surface area contributed by atoms with Crippen LogP contribution in [0.5, 0.6) is 17.2 Å². The van der Waals surface area contributed by atoms with Crippen LogP contribution in [0.2, 0.25) is 10.0 Å². The Hall–Kier alpha value is -2.40. The maximum atomic E-state index is 12.8. The van der Waals surface area contributed by atoms with Crippen LogP contribution in [0.15, 0.2) is 35.2 Å². The zero-order chi connectivity index (χ0) is 20.9. The molecule has 0 radical (unpaired) electrons. The standard InChI is InChI=1S/C19H17Cl2NO5S/c1-25-17-9-19(27-3)18(26-2)7-13(17)6-15(10-22)28(23,24)11-12-4-5-14(20)8-16(12)21/h4-9H,11H2,1-3H3/b15-6+. The van der Waals surface area contributed by atoms with E-state index in [1.165, 1.54) is 51.7 Å². The molecule has 0 amide bonds. The Morgan fingerprint density at radius 1 is 1.04 bits per heavy atom. The summed E-state index contributed by atoms with van der Waals surface area (Å²) in [7, 11) is 0.362. The third-order valence-corrected chi connectivity index (χ3v) is 5.99. The monoisotopic (exact) mass is 441 g/mol. The lowest BCUT2D eigenvalue weighted by molar-refractivity contribution is 0.348. The highest BCUT2D eigenvalue weighted by atomic mass is 35.5. The summed E-state index contributed by atoms with van der Waals surface area (Å²) in [5.41, 5.74) is 0.689. The van der Waals surface area contributed by atoms with E-state index in [4.69, 9.17) is 37.4 Å². The molecule has 0 saturated heterocycles. The third-order valence-electron chi connectivity index (χ3n) is 3.83. The molecule has 0 aromatic heterocycles. The van der Waals surface area contributed by atoms with Gasteiger partial charge >= 0.3 is 0 Å². The van der Waals surface area contributed by atoms with Gasteiger partial charge in [-0.3, -0.25) is 0 Å². The first-order chi connectivity index (χ1) is 13.2. The van der Waals surface area contributed by atoms with Crippen LogP contribution < -0.4 is 14.2 Å². The Kier molecular flexibility index (Phi) is 7.19. The van der Waals surface area contributed by atoms with Crippen LogP contribution in [0, 0.1) is 11.3 Å². The number of halogens is 2. The van der Waals surface area contributed by atoms with E-state index in [9.17, 15) is 13.7 Å². The van der Waals surface area contributed by atoms with E-state index in [0.717, 1.165) is 0 Å². The van der Waals surface area contributed by atoms with E-state index in [-0.39, 0.29) is 5.02 Å². The second kappa shape index (κ2) is 9.20. The first kappa shape index (κ1) is 21.9. The summed E-state index contributed by atoms with van der Waals surface area (Å²) in [6.45, 7) is 0. The van der Waals surface area contributed by atoms with Crippen LogP contribution in [0.1, 0.15) is 11.1 Å². The van der Waals surface area contributed by atoms with E-state index >= 15 is 0 Å². The van der Waals surface area contributed by atoms with Crippen LogP contribution in [0.3, 0.4) is 0 Å². The summed E-state index contributed by atoms with van der Waals surface area (Å²) < 4.78 is 41.2. The predicted molar refractivity (Wildman–Crippen MR) is 109 cm³/mol. The van der Waals surface area contributed by atoms with Crippen LogP contribution >= 0.6 is 23.2 Å². The Morgan fingerprint density at radius 3 is 2.18 bits per heavy atom. The van der Waals surface area contributed by atoms with Crippen molar-refractivity contribution in [2.75, 3.05) is 21.3 Å². The summed E-state index contributed by atoms with van der Waals surface area (Å²) in [5.74, 6) is 0.652. The minimum Gasteiger partial charge on any atom is -0.496 e. The van der Waals surface area contributed by atoms with Crippen molar-refractivity contribution >= 4 is 39.1 Å². The fourth-order valence-electron chi connectivity index (χ4n) is 2.42. The van der Waals surface area contributed by atoms with Crippen molar-refractivity contribution in [1.82, 2.24) is 0 Å². The number of hydrogen-bond acceptors (Lipinski definition) is 6. The molecule has 0 aliphatic rings. The zero-order valence-electron chi connectivity index (χ0n) is 15.3. The smallest absolute Gasteiger partial charge is 0.192 e. The minimum absolute atomic E-state index is 0.206. The average molecular weight is 442 g/mol. The molecule has 2 aromatic rings. The SMILES string of the molecule is COc1cc(OC)c(OC)cc1/C=C(\C#N)S(=O)(=O)Cc1ccc(Cl)cc1Cl. The summed E-state index contributed by atoms with van der Waals surface area (Å²) in [6.07, 6.45) is 1.22. The molecule has 2 aromatic carbocycles. The van der Waals surface area contributed by atoms with E-state index in [2.05, 4.69) is 0 Å². The number of sulfone groups is 1. The van der Waals surface area contributed by atoms with Gasteiger partial charge < -0.3 is 14.2 Å². The van der Waals surface area contributed by atoms with Crippen molar-refractivity contribution in [3.05, 3.63) is 56.4 Å². The number of nitrogens with zero attached hydrogens (tertiary/aromatic N) is 1. The first-order valence-corrected chi connectivity index (χ1v) is 10.2. The highest BCUT2D eigenvalue weighted by Crippen LogP contribution is 2.36. The van der Waals surface area contributed by atoms with Crippen LogP contribution in [0.25, 0.3) is 6.08 Å². The van der Waals surface area contributed by atoms with Crippen molar-refractivity contribution in [3.63, 3.8) is 0 Å². The number of allylic oxidation sites excluding steroid dienone is 1. The predicted octanol–water partition coefficient (Wildman–Crippen LogP) is 4.50. The molecule has 0 spiro atoms. The van der Waals surface area contributed by atoms with Gasteiger partial charge in [0.2, 0.25) is 0 Å². The van der Waals surface area contributed by atoms with Gasteiger partial charge in [-0.05, 0) is 29.8 Å². The van der Waals surface area contributed by atoms with E-state index in [1.807, 2.05) is 0 Å². The molecule has 0 aliphatic heterocycles. The summed E-state index contributed by atoms with van der Waals surface area (Å²) in [4.78, 5) is -0.441. The van der Waals surface area contributed by atoms with Gasteiger partial charge in [-0.15, -0.1) is 0 Å². The number of methoxy groups -OCH3 is 3. The average Bonchev–Trinajstić information content (AvgIpc) is 2.67. The van der Waals surface area contributed by atoms with Gasteiger partial charge in [0.25, 0.3) is 0 Å². The molecule has 0 heterocycles. The molecular weight excluding hydrogens is 425 g/mol. The molecule has 2 rings (SSSR count). The Labute approximate surface area is 173 Å². The highest BCUT2D eigenvalue weighted by molar-refractivity contribution is 7.95. The molecule has 6 nitrogen and oxygen atoms in total. The van der Waals surface area contributed by atoms with Gasteiger partial charge in [0.15, 0.2) is 21.3 Å². The number of ether oxygens (including phenoxy) is 3. The maximum Gasteiger partial charge on any atom is 0.192 e. The van der Waals surface area contributed by atoms with Gasteiger partial charge in [0.05, 0.1) is 27.1 Å². The molecular formula is C19H17Cl2NO5S. The van der Waals surface area contributed by atoms with Crippen molar-refractivity contribution in [2.24, 2.45) is 0 Å². The lowest BCUT2D eigenvalue weighted by atomic mass is 10.1. The Balaban J connectivity index is 2.51. The van der Waals surface area contributed by atoms with Gasteiger partial charge in [0, 0.05) is 21.7 Å². The van der Waals surface area contributed by atoms with Crippen LogP contribution in [0.4, 0.5) is 0 Å². The molecule has 0 N–H and O–H groups in total. The van der Waals surface area contributed by atoms with Crippen LogP contribution in [-0.4, -0.2) is 29.7 Å². The second-order valence-corrected chi connectivity index (χ2v) is 8.37. The minimum atomic E-state index is -3.97. The van der Waals surface area contributed by atoms with Gasteiger partial charge in [-0.25, -0.2) is 8.42 Å². The van der Waals surface area contributed by atoms with Crippen molar-refractivity contribution in [2.45, 2.75) is 5.75 Å². The van der Waals surface area contributed by atoms with Crippen LogP contribution in [-0.2, 0) is 15.6 Å². The first-order valence-electron chi connectivity index (χ1n) is 7.84. The number of nitriles is 1. The van der Waals surface area contributed by atoms with Crippen molar-refractivity contribution < 1.29 is 22.6 Å². The maximum absolute atomic E-state index is 12.8. The fourth-order valence-corrected chi connectivity index (χ4v) is 4.24. The van der Waals surface area contributed by atoms with E-state index in [1.54, 1.807) is 12.1 Å². The normalized spacial score (nSPS) is 11.6. The Bertz CT molecular complexity index is 1060. The quantitative estimate of drug-likeness (QED) is 0.587. The fraction of sp³-hybridized carbons (Fsp3) is 0.211. The lowest BCUT2D eigenvalue weighted by Gasteiger charge is -2.12. The molecule has 0 saturated carbocycles. The lowest BCUT2D eigenvalue weighted by Crippen LogP contribution is -2.07. The number of benzene rings is 2. The summed E-state index contributed by atoms with van der Waals surface area (Å²) in [6, 6.07) is 9.29. The van der Waals surface area contributed by atoms with E-state index in [0.29, 0.717) is 33.4 Å². The summed E-state index contributed by atoms with van der Waals surface area (Å²) in [5, 5.41) is 10.0. The van der Waals surface area contributed by atoms with Crippen molar-refractivity contribution in [1.29, 1.82) is 5.26 Å². The number of hydrogen-bond donors (Lipinski definition) is 0. The second-order valence-electron chi connectivity index (χ2n) is 5.56. The molecule has 0 bridgehead atoms. The highest BCUT2D eigenvalue weighted by Gasteiger charge is 2.22. The molecule has 0 atom stereocenters. The third kappa shape index (κ3) is 4.90. The molecule has 0 unspecified atom stereocenters. The molecule has 148 valence electrons. The molecule has 9 heteroatoms. The van der Waals surface area contributed by atoms with Gasteiger partial charge in [0.1, 0.15) is 16.7 Å². The van der Waals surface area contributed by atoms with Gasteiger partial charge in [-0.1, -0.05) is 29.3 Å². The topological polar surface area (TPSA) is 85.6 Å². The molecule has 28 heavy (non-hydrogen) atoms. The largest absolute Gasteiger partial charge is 0.496 e. The Morgan fingerprint density at radius 2 is 1.64 bits per heavy atom. The van der Waals surface area contributed by atoms with Crippen molar-refractivity contribution in [3.8, 4) is 23.3 Å². The zero-order valence-corrected chi connectivity index (χ0v) is 17.7. The van der Waals surface area contributed by atoms with E-state index < -0.39 is 20.5 Å². The number of rotatable bonds is 7. The summed E-state index contributed by atoms with van der Waals surface area (Å²) >= 11 is 11.9.